The van der Waals surface area contributed by atoms with Crippen LogP contribution in [0, 0.1) is 0 Å². The Morgan fingerprint density at radius 1 is 0.820 bits per heavy atom. The first kappa shape index (κ1) is 39.6. The van der Waals surface area contributed by atoms with E-state index in [1.807, 2.05) is 24.3 Å². The monoisotopic (exact) mass is 686 g/mol. The van der Waals surface area contributed by atoms with Crippen LogP contribution in [0.2, 0.25) is 0 Å². The van der Waals surface area contributed by atoms with Crippen LogP contribution in [-0.4, -0.2) is 92.0 Å². The minimum atomic E-state index is -1.12. The van der Waals surface area contributed by atoms with E-state index in [4.69, 9.17) is 0 Å². The van der Waals surface area contributed by atoms with E-state index in [0.717, 1.165) is 16.8 Å². The quantitative estimate of drug-likeness (QED) is 0.0451. The summed E-state index contributed by atoms with van der Waals surface area (Å²) in [6.07, 6.45) is 9.10. The average molecular weight is 687 g/mol. The number of methoxy groups -OCH3 is 2. The van der Waals surface area contributed by atoms with Crippen LogP contribution >= 0.6 is 0 Å². The van der Waals surface area contributed by atoms with Crippen molar-refractivity contribution in [2.75, 3.05) is 21.3 Å². The van der Waals surface area contributed by atoms with Gasteiger partial charge in [0.2, 0.25) is 0 Å². The first-order valence-electron chi connectivity index (χ1n) is 14.4. The number of nitrogens with two attached hydrogens (primary N) is 1. The molecule has 17 nitrogen and oxygen atoms in total. The van der Waals surface area contributed by atoms with E-state index < -0.39 is 35.9 Å². The number of nitrogens with zero attached hydrogens (tertiary/aromatic N) is 7. The Balaban J connectivity index is 0.000000250. The Morgan fingerprint density at radius 3 is 1.88 bits per heavy atom. The predicted octanol–water partition coefficient (Wildman–Crippen LogP) is 1.73. The van der Waals surface area contributed by atoms with Crippen LogP contribution in [0.15, 0.2) is 85.7 Å². The second-order valence-corrected chi connectivity index (χ2v) is 9.53. The number of ether oxygens (including phenoxy) is 2. The van der Waals surface area contributed by atoms with Crippen LogP contribution in [0.3, 0.4) is 0 Å². The van der Waals surface area contributed by atoms with Gasteiger partial charge in [-0.05, 0) is 55.6 Å². The van der Waals surface area contributed by atoms with Crippen LogP contribution < -0.4 is 11.3 Å². The highest BCUT2D eigenvalue weighted by atomic mass is 16.5. The Kier molecular flexibility index (Phi) is 16.3. The van der Waals surface area contributed by atoms with Crippen LogP contribution in [0.5, 0.6) is 0 Å². The Bertz CT molecular complexity index is 1880. The number of hydrogen-bond acceptors (Lipinski definition) is 14. The van der Waals surface area contributed by atoms with E-state index in [-0.39, 0.29) is 5.56 Å². The molecule has 0 aliphatic rings. The zero-order valence-electron chi connectivity index (χ0n) is 28.0. The SMILES string of the molecule is C=[O+]C(=O)C(=O)CC(=O)c1cccnc1.CNN.COC(=O)c1cc(-c2cccnc2)n(C)n1.COC(=O)c1cc(-c2cccnc2)nn1C. The fourth-order valence-electron chi connectivity index (χ4n) is 3.80. The van der Waals surface area contributed by atoms with Gasteiger partial charge in [-0.15, -0.1) is 0 Å². The lowest BCUT2D eigenvalue weighted by Crippen LogP contribution is -2.18. The van der Waals surface area contributed by atoms with Crippen molar-refractivity contribution in [3.05, 3.63) is 103 Å². The second kappa shape index (κ2) is 20.6. The molecular weight excluding hydrogens is 650 g/mol. The zero-order valence-corrected chi connectivity index (χ0v) is 28.0. The van der Waals surface area contributed by atoms with E-state index in [0.29, 0.717) is 17.1 Å². The lowest BCUT2D eigenvalue weighted by Gasteiger charge is -1.99. The number of hydrogen-bond donors (Lipinski definition) is 2. The molecule has 0 aliphatic heterocycles. The summed E-state index contributed by atoms with van der Waals surface area (Å²) in [5.74, 6) is 1.25. The maximum atomic E-state index is 11.4. The van der Waals surface area contributed by atoms with Crippen molar-refractivity contribution < 1.29 is 37.9 Å². The summed E-state index contributed by atoms with van der Waals surface area (Å²) in [6, 6.07) is 13.9. The number of carbonyl (C=O) groups excluding carboxylic acids is 6. The molecule has 5 heterocycles. The number of aromatic nitrogens is 7. The molecule has 260 valence electrons. The molecule has 17 heteroatoms. The maximum Gasteiger partial charge on any atom is 0.649 e. The van der Waals surface area contributed by atoms with Gasteiger partial charge >= 0.3 is 23.7 Å². The smallest absolute Gasteiger partial charge is 0.464 e. The van der Waals surface area contributed by atoms with Crippen LogP contribution in [0.25, 0.3) is 22.5 Å². The molecule has 50 heavy (non-hydrogen) atoms. The molecule has 0 fully saturated rings. The fraction of sp³-hybridized carbons (Fsp3) is 0.182. The molecule has 5 aromatic heterocycles. The molecule has 0 saturated carbocycles. The number of rotatable bonds is 8. The van der Waals surface area contributed by atoms with Crippen LogP contribution in [0.4, 0.5) is 0 Å². The Hall–Kier alpha value is -6.59. The molecule has 0 bridgehead atoms. The molecule has 0 spiro atoms. The summed E-state index contributed by atoms with van der Waals surface area (Å²) in [5, 5.41) is 8.30. The van der Waals surface area contributed by atoms with E-state index in [2.05, 4.69) is 57.1 Å². The summed E-state index contributed by atoms with van der Waals surface area (Å²) < 4.78 is 16.3. The van der Waals surface area contributed by atoms with Gasteiger partial charge in [-0.3, -0.25) is 49.6 Å². The van der Waals surface area contributed by atoms with Gasteiger partial charge < -0.3 is 9.47 Å². The normalized spacial score (nSPS) is 9.64. The Labute approximate surface area is 286 Å². The maximum absolute atomic E-state index is 11.4. The number of esters is 2. The third-order valence-corrected chi connectivity index (χ3v) is 6.13. The molecule has 3 N–H and O–H groups in total. The third kappa shape index (κ3) is 11.9. The van der Waals surface area contributed by atoms with Gasteiger partial charge in [0.25, 0.3) is 0 Å². The van der Waals surface area contributed by atoms with E-state index >= 15 is 0 Å². The second-order valence-electron chi connectivity index (χ2n) is 9.53. The van der Waals surface area contributed by atoms with Crippen molar-refractivity contribution >= 4 is 36.3 Å². The van der Waals surface area contributed by atoms with Gasteiger partial charge in [0.05, 0.1) is 36.8 Å². The molecule has 0 atom stereocenters. The largest absolute Gasteiger partial charge is 0.649 e. The van der Waals surface area contributed by atoms with E-state index in [1.54, 1.807) is 68.8 Å². The highest BCUT2D eigenvalue weighted by Crippen LogP contribution is 2.19. The highest BCUT2D eigenvalue weighted by molar-refractivity contribution is 6.36. The molecular formula is C33H36N9O8+. The van der Waals surface area contributed by atoms with Gasteiger partial charge in [0.15, 0.2) is 18.3 Å². The number of ketones is 2. The first-order valence-corrected chi connectivity index (χ1v) is 14.4. The summed E-state index contributed by atoms with van der Waals surface area (Å²) >= 11 is 0. The molecule has 0 aliphatic carbocycles. The zero-order chi connectivity index (χ0) is 37.1. The predicted molar refractivity (Wildman–Crippen MR) is 179 cm³/mol. The van der Waals surface area contributed by atoms with Crippen LogP contribution in [-0.2, 0) is 37.6 Å². The number of pyridine rings is 3. The van der Waals surface area contributed by atoms with Crippen molar-refractivity contribution in [2.45, 2.75) is 6.42 Å². The van der Waals surface area contributed by atoms with Crippen molar-refractivity contribution in [1.82, 2.24) is 39.9 Å². The minimum absolute atomic E-state index is 0.280. The minimum Gasteiger partial charge on any atom is -0.464 e. The number of aryl methyl sites for hydroxylation is 2. The topological polar surface area (TPSA) is 227 Å². The Morgan fingerprint density at radius 2 is 1.38 bits per heavy atom. The number of hydrazine groups is 1. The summed E-state index contributed by atoms with van der Waals surface area (Å²) in [5.41, 5.74) is 6.55. The molecule has 5 aromatic rings. The van der Waals surface area contributed by atoms with Crippen molar-refractivity contribution in [3.8, 4) is 22.5 Å². The fourth-order valence-corrected chi connectivity index (χ4v) is 3.80. The summed E-state index contributed by atoms with van der Waals surface area (Å²) in [4.78, 5) is 67.5. The van der Waals surface area contributed by atoms with Crippen molar-refractivity contribution in [2.24, 2.45) is 19.9 Å². The third-order valence-electron chi connectivity index (χ3n) is 6.13. The summed E-state index contributed by atoms with van der Waals surface area (Å²) in [6.45, 7) is 2.79. The lowest BCUT2D eigenvalue weighted by atomic mass is 10.1. The van der Waals surface area contributed by atoms with E-state index in [1.165, 1.54) is 37.4 Å². The van der Waals surface area contributed by atoms with Gasteiger partial charge in [0.1, 0.15) is 5.69 Å². The number of carbonyl (C=O) groups is 5. The molecule has 0 saturated heterocycles. The first-order chi connectivity index (χ1) is 24.0. The molecule has 0 radical (unpaired) electrons. The summed E-state index contributed by atoms with van der Waals surface area (Å²) in [7, 11) is 7.81. The van der Waals surface area contributed by atoms with Crippen LogP contribution in [0.1, 0.15) is 37.8 Å². The van der Waals surface area contributed by atoms with Gasteiger partial charge in [-0.2, -0.15) is 10.2 Å². The standard InChI is InChI=1S/2C11H11N3O2.C10H8NO4.CH6N2/c1-14-10(8-4-3-5-12-7-8)6-9(13-14)11(15)16-2;1-14-10(11(15)16-2)6-9(13-14)8-4-3-5-12-7-8;1-15-10(14)9(13)5-8(12)7-3-2-4-11-6-7;1-3-2/h2*3-7H,1-2H3;2-4,6H,1,5H2;3H,2H2,1H3/q;;+1;. The molecule has 0 amide bonds. The van der Waals surface area contributed by atoms with Gasteiger partial charge in [-0.25, -0.2) is 9.59 Å². The van der Waals surface area contributed by atoms with Gasteiger partial charge in [-0.1, -0.05) is 0 Å². The van der Waals surface area contributed by atoms with Crippen molar-refractivity contribution in [1.29, 1.82) is 0 Å². The molecule has 0 unspecified atom stereocenters. The number of nitrogens with one attached hydrogen (secondary N) is 1. The molecule has 5 rings (SSSR count). The van der Waals surface area contributed by atoms with Gasteiger partial charge in [0, 0.05) is 68.0 Å². The number of Topliss-reactive ketones (excluding diaryl/α,β-unsaturated/α-hetero) is 2. The average Bonchev–Trinajstić information content (AvgIpc) is 3.74. The molecule has 0 aromatic carbocycles. The van der Waals surface area contributed by atoms with E-state index in [9.17, 15) is 24.0 Å². The van der Waals surface area contributed by atoms with Crippen molar-refractivity contribution in [3.63, 3.8) is 0 Å². The highest BCUT2D eigenvalue weighted by Gasteiger charge is 2.28. The lowest BCUT2D eigenvalue weighted by molar-refractivity contribution is -0.362.